The lowest BCUT2D eigenvalue weighted by atomic mass is 9.81. The molecule has 214 valence electrons. The molecule has 0 bridgehead atoms. The SMILES string of the molecule is Cc1ccc(S(=O)(=O)n2ccc3c2ncc2cnc(N4CCCCC45CN(S(=O)(=O)CCC(F)(F)F)C5)n23)cc1. The third-order valence-corrected chi connectivity index (χ3v) is 11.2. The Morgan fingerprint density at radius 3 is 2.38 bits per heavy atom. The van der Waals surface area contributed by atoms with E-state index >= 15 is 0 Å². The molecule has 2 fully saturated rings. The Bertz CT molecular complexity index is 1810. The van der Waals surface area contributed by atoms with Gasteiger partial charge in [-0.15, -0.1) is 0 Å². The molecule has 4 aromatic rings. The van der Waals surface area contributed by atoms with Gasteiger partial charge in [0.1, 0.15) is 0 Å². The summed E-state index contributed by atoms with van der Waals surface area (Å²) < 4.78 is 94.2. The molecule has 0 saturated carbocycles. The molecule has 6 rings (SSSR count). The fourth-order valence-electron chi connectivity index (χ4n) is 5.64. The molecule has 1 aromatic carbocycles. The Balaban J connectivity index is 1.36. The number of benzene rings is 1. The summed E-state index contributed by atoms with van der Waals surface area (Å²) in [6, 6.07) is 8.18. The van der Waals surface area contributed by atoms with Crippen LogP contribution < -0.4 is 4.90 Å². The third-order valence-electron chi connectivity index (χ3n) is 7.78. The van der Waals surface area contributed by atoms with Gasteiger partial charge in [-0.05, 0) is 44.4 Å². The third kappa shape index (κ3) is 4.43. The number of halogens is 3. The predicted octanol–water partition coefficient (Wildman–Crippen LogP) is 3.56. The van der Waals surface area contributed by atoms with Crippen LogP contribution in [0.15, 0.2) is 53.8 Å². The van der Waals surface area contributed by atoms with E-state index in [0.717, 1.165) is 26.7 Å². The Morgan fingerprint density at radius 2 is 1.68 bits per heavy atom. The number of piperidine rings is 1. The van der Waals surface area contributed by atoms with Gasteiger partial charge in [0.25, 0.3) is 10.0 Å². The minimum atomic E-state index is -4.55. The monoisotopic (exact) mass is 596 g/mol. The smallest absolute Gasteiger partial charge is 0.334 e. The van der Waals surface area contributed by atoms with Crippen LogP contribution in [-0.2, 0) is 20.0 Å². The first-order valence-electron chi connectivity index (χ1n) is 12.8. The van der Waals surface area contributed by atoms with Crippen LogP contribution in [0.1, 0.15) is 31.2 Å². The predicted molar refractivity (Wildman–Crippen MR) is 142 cm³/mol. The molecule has 0 radical (unpaired) electrons. The second-order valence-corrected chi connectivity index (χ2v) is 14.4. The lowest BCUT2D eigenvalue weighted by Gasteiger charge is -2.57. The zero-order valence-corrected chi connectivity index (χ0v) is 23.2. The van der Waals surface area contributed by atoms with Gasteiger partial charge >= 0.3 is 6.18 Å². The molecule has 0 amide bonds. The van der Waals surface area contributed by atoms with E-state index in [-0.39, 0.29) is 23.6 Å². The second-order valence-electron chi connectivity index (χ2n) is 10.5. The Kier molecular flexibility index (Phi) is 6.20. The number of imidazole rings is 1. The Labute approximate surface area is 229 Å². The van der Waals surface area contributed by atoms with Crippen molar-refractivity contribution in [2.45, 2.75) is 49.2 Å². The molecule has 10 nitrogen and oxygen atoms in total. The number of alkyl halides is 3. The van der Waals surface area contributed by atoms with E-state index in [4.69, 9.17) is 0 Å². The van der Waals surface area contributed by atoms with Gasteiger partial charge in [0.05, 0.1) is 46.0 Å². The maximum Gasteiger partial charge on any atom is 0.390 e. The summed E-state index contributed by atoms with van der Waals surface area (Å²) in [6.45, 7) is 2.58. The standard InChI is InChI=1S/C25H27F3N6O4S2/c1-18-4-6-20(7-5-18)40(37,38)33-12-8-21-22(33)29-14-19-15-30-23(34(19)21)32-11-3-2-9-24(32)16-31(17-24)39(35,36)13-10-25(26,27)28/h4-8,12,14-15H,2-3,9-11,13,16-17H2,1H3. The molecule has 0 unspecified atom stereocenters. The molecule has 2 aliphatic heterocycles. The van der Waals surface area contributed by atoms with Crippen LogP contribution in [0.25, 0.3) is 16.7 Å². The van der Waals surface area contributed by atoms with Gasteiger partial charge in [0, 0.05) is 25.8 Å². The number of fused-ring (bicyclic) bond motifs is 3. The van der Waals surface area contributed by atoms with Gasteiger partial charge in [-0.2, -0.15) is 17.5 Å². The van der Waals surface area contributed by atoms with E-state index in [2.05, 4.69) is 9.97 Å². The number of anilines is 1. The lowest BCUT2D eigenvalue weighted by Crippen LogP contribution is -2.73. The van der Waals surface area contributed by atoms with E-state index in [9.17, 15) is 30.0 Å². The van der Waals surface area contributed by atoms with Gasteiger partial charge in [0.15, 0.2) is 5.65 Å². The molecule has 0 N–H and O–H groups in total. The van der Waals surface area contributed by atoms with Crippen molar-refractivity contribution in [3.63, 3.8) is 0 Å². The minimum absolute atomic E-state index is 0.0686. The first kappa shape index (κ1) is 27.0. The Morgan fingerprint density at radius 1 is 0.975 bits per heavy atom. The highest BCUT2D eigenvalue weighted by Crippen LogP contribution is 2.41. The van der Waals surface area contributed by atoms with E-state index < -0.39 is 43.9 Å². The van der Waals surface area contributed by atoms with Crippen molar-refractivity contribution in [1.82, 2.24) is 22.6 Å². The van der Waals surface area contributed by atoms with Crippen molar-refractivity contribution in [2.75, 3.05) is 30.3 Å². The zero-order valence-electron chi connectivity index (χ0n) is 21.5. The summed E-state index contributed by atoms with van der Waals surface area (Å²) in [5, 5.41) is 0. The quantitative estimate of drug-likeness (QED) is 0.335. The van der Waals surface area contributed by atoms with E-state index in [1.807, 2.05) is 11.8 Å². The first-order valence-corrected chi connectivity index (χ1v) is 15.8. The Hall–Kier alpha value is -3.17. The van der Waals surface area contributed by atoms with Gasteiger partial charge < -0.3 is 4.90 Å². The maximum atomic E-state index is 13.4. The normalized spacial score (nSPS) is 18.6. The first-order chi connectivity index (χ1) is 18.8. The summed E-state index contributed by atoms with van der Waals surface area (Å²) in [6.07, 6.45) is 0.986. The molecule has 3 aromatic heterocycles. The van der Waals surface area contributed by atoms with Crippen LogP contribution in [0.4, 0.5) is 19.1 Å². The number of hydrogen-bond donors (Lipinski definition) is 0. The summed E-state index contributed by atoms with van der Waals surface area (Å²) >= 11 is 0. The van der Waals surface area contributed by atoms with Crippen molar-refractivity contribution in [3.8, 4) is 0 Å². The average Bonchev–Trinajstić information content (AvgIpc) is 3.50. The van der Waals surface area contributed by atoms with Crippen molar-refractivity contribution < 1.29 is 30.0 Å². The fraction of sp³-hybridized carbons (Fsp3) is 0.440. The number of rotatable bonds is 6. The van der Waals surface area contributed by atoms with Crippen LogP contribution in [0, 0.1) is 6.92 Å². The topological polar surface area (TPSA) is 110 Å². The molecule has 1 spiro atoms. The summed E-state index contributed by atoms with van der Waals surface area (Å²) in [7, 11) is -8.00. The molecule has 15 heteroatoms. The number of aromatic nitrogens is 4. The minimum Gasteiger partial charge on any atom is -0.334 e. The molecular formula is C25H27F3N6O4S2. The van der Waals surface area contributed by atoms with Crippen LogP contribution in [0.3, 0.4) is 0 Å². The molecular weight excluding hydrogens is 569 g/mol. The molecule has 2 aliphatic rings. The van der Waals surface area contributed by atoms with Gasteiger partial charge in [0.2, 0.25) is 16.0 Å². The highest BCUT2D eigenvalue weighted by atomic mass is 32.2. The largest absolute Gasteiger partial charge is 0.390 e. The number of sulfonamides is 1. The fourth-order valence-corrected chi connectivity index (χ4v) is 8.56. The summed E-state index contributed by atoms with van der Waals surface area (Å²) in [4.78, 5) is 11.2. The van der Waals surface area contributed by atoms with Crippen LogP contribution in [-0.4, -0.2) is 76.6 Å². The lowest BCUT2D eigenvalue weighted by molar-refractivity contribution is -0.130. The molecule has 0 aliphatic carbocycles. The van der Waals surface area contributed by atoms with Crippen molar-refractivity contribution in [3.05, 3.63) is 54.5 Å². The average molecular weight is 597 g/mol. The highest BCUT2D eigenvalue weighted by Gasteiger charge is 2.53. The number of hydrogen-bond acceptors (Lipinski definition) is 7. The van der Waals surface area contributed by atoms with E-state index in [0.29, 0.717) is 29.9 Å². The van der Waals surface area contributed by atoms with Crippen LogP contribution >= 0.6 is 0 Å². The van der Waals surface area contributed by atoms with Crippen LogP contribution in [0.5, 0.6) is 0 Å². The van der Waals surface area contributed by atoms with E-state index in [1.54, 1.807) is 40.9 Å². The van der Waals surface area contributed by atoms with Crippen molar-refractivity contribution in [2.24, 2.45) is 0 Å². The summed E-state index contributed by atoms with van der Waals surface area (Å²) in [5.41, 5.74) is 1.66. The molecule has 40 heavy (non-hydrogen) atoms. The van der Waals surface area contributed by atoms with Crippen LogP contribution in [0.2, 0.25) is 0 Å². The highest BCUT2D eigenvalue weighted by molar-refractivity contribution is 7.90. The molecule has 0 atom stereocenters. The van der Waals surface area contributed by atoms with Gasteiger partial charge in [-0.25, -0.2) is 30.8 Å². The molecule has 2 saturated heterocycles. The summed E-state index contributed by atoms with van der Waals surface area (Å²) in [5.74, 6) is -0.464. The van der Waals surface area contributed by atoms with Crippen molar-refractivity contribution >= 4 is 42.7 Å². The van der Waals surface area contributed by atoms with Crippen molar-refractivity contribution in [1.29, 1.82) is 0 Å². The van der Waals surface area contributed by atoms with Gasteiger partial charge in [-0.1, -0.05) is 17.7 Å². The zero-order chi connectivity index (χ0) is 28.5. The molecule has 5 heterocycles. The van der Waals surface area contributed by atoms with Gasteiger partial charge in [-0.3, -0.25) is 4.40 Å². The number of aryl methyl sites for hydroxylation is 1. The second kappa shape index (κ2) is 9.17. The number of nitrogens with zero attached hydrogens (tertiary/aromatic N) is 6. The van der Waals surface area contributed by atoms with E-state index in [1.165, 1.54) is 12.4 Å². The maximum absolute atomic E-state index is 13.4.